The highest BCUT2D eigenvalue weighted by Crippen LogP contribution is 2.44. The van der Waals surface area contributed by atoms with Crippen LogP contribution in [0.1, 0.15) is 18.4 Å². The van der Waals surface area contributed by atoms with Gasteiger partial charge in [-0.2, -0.15) is 0 Å². The van der Waals surface area contributed by atoms with E-state index in [2.05, 4.69) is 26.9 Å². The second-order valence-electron chi connectivity index (χ2n) is 4.44. The third kappa shape index (κ3) is 1.29. The molecule has 2 aliphatic heterocycles. The smallest absolute Gasteiger partial charge is 0.326 e. The molecule has 0 spiro atoms. The van der Waals surface area contributed by atoms with Crippen LogP contribution in [-0.4, -0.2) is 23.2 Å². The van der Waals surface area contributed by atoms with Crippen LogP contribution in [0.2, 0.25) is 0 Å². The van der Waals surface area contributed by atoms with E-state index in [0.29, 0.717) is 6.04 Å². The van der Waals surface area contributed by atoms with E-state index in [9.17, 15) is 9.90 Å². The molecule has 2 aliphatic rings. The van der Waals surface area contributed by atoms with Crippen molar-refractivity contribution in [1.82, 2.24) is 0 Å². The van der Waals surface area contributed by atoms with Gasteiger partial charge in [-0.25, -0.2) is 4.79 Å². The average Bonchev–Trinajstić information content (AvgIpc) is 2.74. The lowest BCUT2D eigenvalue weighted by Gasteiger charge is -2.25. The van der Waals surface area contributed by atoms with Gasteiger partial charge in [0.1, 0.15) is 6.04 Å². The lowest BCUT2D eigenvalue weighted by Crippen LogP contribution is -2.38. The minimum atomic E-state index is -0.703. The van der Waals surface area contributed by atoms with Crippen molar-refractivity contribution < 1.29 is 9.90 Å². The molecule has 1 aromatic carbocycles. The van der Waals surface area contributed by atoms with Gasteiger partial charge in [-0.15, -0.1) is 0 Å². The van der Waals surface area contributed by atoms with Crippen LogP contribution in [-0.2, 0) is 11.2 Å². The largest absolute Gasteiger partial charge is 0.480 e. The zero-order valence-corrected chi connectivity index (χ0v) is 10.3. The van der Waals surface area contributed by atoms with Gasteiger partial charge in [0.15, 0.2) is 0 Å². The topological polar surface area (TPSA) is 40.5 Å². The van der Waals surface area contributed by atoms with Crippen molar-refractivity contribution in [3.8, 4) is 0 Å². The Hall–Kier alpha value is -1.03. The van der Waals surface area contributed by atoms with Crippen molar-refractivity contribution in [2.45, 2.75) is 31.3 Å². The molecule has 1 fully saturated rings. The molecular formula is C12H12BrNO2. The van der Waals surface area contributed by atoms with Gasteiger partial charge in [0.05, 0.1) is 5.69 Å². The number of nitrogens with zero attached hydrogens (tertiary/aromatic N) is 1. The molecule has 0 saturated carbocycles. The highest BCUT2D eigenvalue weighted by atomic mass is 79.9. The Morgan fingerprint density at radius 3 is 3.00 bits per heavy atom. The highest BCUT2D eigenvalue weighted by Gasteiger charge is 2.43. The number of fused-ring (bicyclic) bond motifs is 3. The molecular weight excluding hydrogens is 270 g/mol. The summed E-state index contributed by atoms with van der Waals surface area (Å²) in [5.74, 6) is -0.703. The Bertz CT molecular complexity index is 460. The molecule has 4 heteroatoms. The van der Waals surface area contributed by atoms with Crippen LogP contribution in [0.4, 0.5) is 5.69 Å². The van der Waals surface area contributed by atoms with Crippen molar-refractivity contribution in [1.29, 1.82) is 0 Å². The van der Waals surface area contributed by atoms with E-state index in [1.807, 2.05) is 12.1 Å². The van der Waals surface area contributed by atoms with Crippen molar-refractivity contribution >= 4 is 27.6 Å². The van der Waals surface area contributed by atoms with Crippen LogP contribution in [0, 0.1) is 0 Å². The van der Waals surface area contributed by atoms with Crippen LogP contribution in [0.25, 0.3) is 0 Å². The molecule has 1 saturated heterocycles. The molecule has 0 radical (unpaired) electrons. The number of carboxylic acid groups (broad SMARTS) is 1. The van der Waals surface area contributed by atoms with E-state index in [-0.39, 0.29) is 6.04 Å². The van der Waals surface area contributed by atoms with E-state index in [1.165, 1.54) is 5.56 Å². The fourth-order valence-corrected chi connectivity index (χ4v) is 3.54. The standard InChI is InChI=1S/C12H12BrNO2/c13-9-3-1-2-7-6-8-4-5-10(12(15)16)14(8)11(7)9/h1-3,8,10H,4-6H2,(H,15,16). The highest BCUT2D eigenvalue weighted by molar-refractivity contribution is 9.10. The summed E-state index contributed by atoms with van der Waals surface area (Å²) in [6.07, 6.45) is 2.73. The van der Waals surface area contributed by atoms with Crippen LogP contribution in [0.15, 0.2) is 22.7 Å². The molecule has 1 aromatic rings. The third-order valence-corrected chi connectivity index (χ3v) is 4.21. The molecule has 84 valence electrons. The number of anilines is 1. The fraction of sp³-hybridized carbons (Fsp3) is 0.417. The zero-order valence-electron chi connectivity index (χ0n) is 8.69. The molecule has 0 aromatic heterocycles. The Morgan fingerprint density at radius 2 is 2.25 bits per heavy atom. The van der Waals surface area contributed by atoms with Crippen LogP contribution < -0.4 is 4.90 Å². The molecule has 1 N–H and O–H groups in total. The van der Waals surface area contributed by atoms with Crippen molar-refractivity contribution in [3.05, 3.63) is 28.2 Å². The number of aliphatic carboxylic acids is 1. The first kappa shape index (κ1) is 10.1. The summed E-state index contributed by atoms with van der Waals surface area (Å²) in [6.45, 7) is 0. The van der Waals surface area contributed by atoms with Gasteiger partial charge in [-0.05, 0) is 46.8 Å². The average molecular weight is 282 g/mol. The summed E-state index contributed by atoms with van der Waals surface area (Å²) in [5.41, 5.74) is 2.36. The Kier molecular flexibility index (Phi) is 2.21. The predicted molar refractivity (Wildman–Crippen MR) is 64.8 cm³/mol. The monoisotopic (exact) mass is 281 g/mol. The number of halogens is 1. The van der Waals surface area contributed by atoms with Gasteiger partial charge in [-0.3, -0.25) is 0 Å². The van der Waals surface area contributed by atoms with Crippen LogP contribution >= 0.6 is 15.9 Å². The van der Waals surface area contributed by atoms with E-state index in [0.717, 1.165) is 29.4 Å². The van der Waals surface area contributed by atoms with Crippen LogP contribution in [0.5, 0.6) is 0 Å². The Balaban J connectivity index is 2.09. The maximum Gasteiger partial charge on any atom is 0.326 e. The molecule has 3 nitrogen and oxygen atoms in total. The minimum Gasteiger partial charge on any atom is -0.480 e. The Labute approximate surface area is 102 Å². The molecule has 0 aliphatic carbocycles. The molecule has 2 atom stereocenters. The quantitative estimate of drug-likeness (QED) is 0.860. The van der Waals surface area contributed by atoms with Crippen molar-refractivity contribution in [2.75, 3.05) is 4.90 Å². The van der Waals surface area contributed by atoms with E-state index in [4.69, 9.17) is 0 Å². The molecule has 3 rings (SSSR count). The zero-order chi connectivity index (χ0) is 11.3. The second kappa shape index (κ2) is 3.48. The number of carbonyl (C=O) groups is 1. The van der Waals surface area contributed by atoms with E-state index < -0.39 is 5.97 Å². The number of rotatable bonds is 1. The van der Waals surface area contributed by atoms with Crippen molar-refractivity contribution in [2.24, 2.45) is 0 Å². The molecule has 16 heavy (non-hydrogen) atoms. The number of para-hydroxylation sites is 1. The lowest BCUT2D eigenvalue weighted by molar-refractivity contribution is -0.138. The summed E-state index contributed by atoms with van der Waals surface area (Å²) in [7, 11) is 0. The van der Waals surface area contributed by atoms with Gasteiger partial charge in [0, 0.05) is 10.5 Å². The van der Waals surface area contributed by atoms with Gasteiger partial charge >= 0.3 is 5.97 Å². The first-order valence-corrected chi connectivity index (χ1v) is 6.26. The molecule has 2 heterocycles. The lowest BCUT2D eigenvalue weighted by atomic mass is 10.1. The summed E-state index contributed by atoms with van der Waals surface area (Å²) < 4.78 is 1.01. The number of hydrogen-bond donors (Lipinski definition) is 1. The van der Waals surface area contributed by atoms with Gasteiger partial charge < -0.3 is 10.0 Å². The number of hydrogen-bond acceptors (Lipinski definition) is 2. The fourth-order valence-electron chi connectivity index (χ4n) is 2.93. The first-order valence-electron chi connectivity index (χ1n) is 5.47. The predicted octanol–water partition coefficient (Wildman–Crippen LogP) is 2.43. The Morgan fingerprint density at radius 1 is 1.44 bits per heavy atom. The van der Waals surface area contributed by atoms with Gasteiger partial charge in [0.2, 0.25) is 0 Å². The van der Waals surface area contributed by atoms with Crippen LogP contribution in [0.3, 0.4) is 0 Å². The van der Waals surface area contributed by atoms with Gasteiger partial charge in [-0.1, -0.05) is 12.1 Å². The summed E-state index contributed by atoms with van der Waals surface area (Å²) in [6, 6.07) is 6.14. The SMILES string of the molecule is O=C(O)C1CCC2Cc3cccc(Br)c3N21. The number of carboxylic acids is 1. The maximum absolute atomic E-state index is 11.2. The molecule has 0 bridgehead atoms. The minimum absolute atomic E-state index is 0.343. The maximum atomic E-state index is 11.2. The normalized spacial score (nSPS) is 26.7. The second-order valence-corrected chi connectivity index (χ2v) is 5.30. The van der Waals surface area contributed by atoms with Gasteiger partial charge in [0.25, 0.3) is 0 Å². The van der Waals surface area contributed by atoms with E-state index >= 15 is 0 Å². The first-order chi connectivity index (χ1) is 7.68. The third-order valence-electron chi connectivity index (χ3n) is 3.57. The number of benzene rings is 1. The summed E-state index contributed by atoms with van der Waals surface area (Å²) in [5, 5.41) is 9.22. The van der Waals surface area contributed by atoms with Crippen molar-refractivity contribution in [3.63, 3.8) is 0 Å². The molecule has 2 unspecified atom stereocenters. The summed E-state index contributed by atoms with van der Waals surface area (Å²) in [4.78, 5) is 13.3. The summed E-state index contributed by atoms with van der Waals surface area (Å²) >= 11 is 3.53. The molecule has 0 amide bonds. The van der Waals surface area contributed by atoms with E-state index in [1.54, 1.807) is 0 Å².